The molecule has 0 heterocycles. The molecule has 0 fully saturated rings. The summed E-state index contributed by atoms with van der Waals surface area (Å²) in [5.74, 6) is 1.69. The van der Waals surface area contributed by atoms with E-state index < -0.39 is 0 Å². The van der Waals surface area contributed by atoms with Gasteiger partial charge in [0.15, 0.2) is 0 Å². The van der Waals surface area contributed by atoms with E-state index in [-0.39, 0.29) is 0 Å². The molecule has 0 saturated carbocycles. The van der Waals surface area contributed by atoms with Crippen LogP contribution < -0.4 is 4.90 Å². The largest absolute Gasteiger partial charge is 0.371 e. The maximum absolute atomic E-state index is 6.02. The molecule has 0 aliphatic rings. The molecule has 17 heavy (non-hydrogen) atoms. The van der Waals surface area contributed by atoms with Crippen LogP contribution in [0.15, 0.2) is 22.7 Å². The summed E-state index contributed by atoms with van der Waals surface area (Å²) in [5.41, 5.74) is 2.42. The maximum Gasteiger partial charge on any atom is 0.0494 e. The van der Waals surface area contributed by atoms with Crippen molar-refractivity contribution < 1.29 is 0 Å². The standard InChI is InChI=1S/C13H19BrClNS/c1-4-12(9-17-3)16(2)13-6-5-11(14)7-10(13)8-15/h5-7,12H,4,8-9H2,1-3H3. The summed E-state index contributed by atoms with van der Waals surface area (Å²) in [5, 5.41) is 0. The summed E-state index contributed by atoms with van der Waals surface area (Å²) in [7, 11) is 2.16. The lowest BCUT2D eigenvalue weighted by Gasteiger charge is -2.30. The van der Waals surface area contributed by atoms with Crippen LogP contribution in [0, 0.1) is 0 Å². The van der Waals surface area contributed by atoms with E-state index in [0.29, 0.717) is 11.9 Å². The molecule has 0 aromatic heterocycles. The van der Waals surface area contributed by atoms with Gasteiger partial charge < -0.3 is 4.90 Å². The molecule has 0 N–H and O–H groups in total. The third kappa shape index (κ3) is 4.08. The molecular formula is C13H19BrClNS. The highest BCUT2D eigenvalue weighted by Gasteiger charge is 2.15. The van der Waals surface area contributed by atoms with Gasteiger partial charge in [-0.3, -0.25) is 0 Å². The number of hydrogen-bond donors (Lipinski definition) is 0. The average molecular weight is 337 g/mol. The number of rotatable bonds is 6. The Morgan fingerprint density at radius 3 is 2.71 bits per heavy atom. The maximum atomic E-state index is 6.02. The molecule has 1 nitrogen and oxygen atoms in total. The van der Waals surface area contributed by atoms with Gasteiger partial charge in [-0.05, 0) is 36.4 Å². The van der Waals surface area contributed by atoms with Gasteiger partial charge >= 0.3 is 0 Å². The molecule has 0 saturated heterocycles. The second kappa shape index (κ2) is 7.55. The minimum Gasteiger partial charge on any atom is -0.371 e. The van der Waals surface area contributed by atoms with Crippen molar-refractivity contribution in [2.45, 2.75) is 25.3 Å². The summed E-state index contributed by atoms with van der Waals surface area (Å²) in [6, 6.07) is 6.89. The molecule has 0 radical (unpaired) electrons. The van der Waals surface area contributed by atoms with Gasteiger partial charge in [-0.15, -0.1) is 11.6 Å². The molecule has 0 aliphatic heterocycles. The van der Waals surface area contributed by atoms with Gasteiger partial charge in [-0.2, -0.15) is 11.8 Å². The molecule has 1 aromatic carbocycles. The molecule has 4 heteroatoms. The average Bonchev–Trinajstić information content (AvgIpc) is 2.34. The highest BCUT2D eigenvalue weighted by atomic mass is 79.9. The monoisotopic (exact) mass is 335 g/mol. The Kier molecular flexibility index (Phi) is 6.75. The van der Waals surface area contributed by atoms with Gasteiger partial charge in [0, 0.05) is 34.9 Å². The first kappa shape index (κ1) is 15.2. The topological polar surface area (TPSA) is 3.24 Å². The third-order valence-electron chi connectivity index (χ3n) is 2.94. The lowest BCUT2D eigenvalue weighted by Crippen LogP contribution is -2.33. The molecule has 1 aromatic rings. The highest BCUT2D eigenvalue weighted by Crippen LogP contribution is 2.27. The van der Waals surface area contributed by atoms with Crippen LogP contribution in [0.1, 0.15) is 18.9 Å². The number of nitrogens with zero attached hydrogens (tertiary/aromatic N) is 1. The van der Waals surface area contributed by atoms with Crippen molar-refractivity contribution in [2.24, 2.45) is 0 Å². The SMILES string of the molecule is CCC(CSC)N(C)c1ccc(Br)cc1CCl. The number of hydrogen-bond acceptors (Lipinski definition) is 2. The zero-order chi connectivity index (χ0) is 12.8. The molecule has 1 rings (SSSR count). The van der Waals surface area contributed by atoms with E-state index in [2.05, 4.69) is 59.3 Å². The van der Waals surface area contributed by atoms with Crippen molar-refractivity contribution in [2.75, 3.05) is 24.0 Å². The zero-order valence-corrected chi connectivity index (χ0v) is 13.7. The molecule has 0 spiro atoms. The van der Waals surface area contributed by atoms with E-state index in [1.807, 2.05) is 11.8 Å². The Labute approximate surface area is 122 Å². The number of alkyl halides is 1. The van der Waals surface area contributed by atoms with Crippen LogP contribution in [0.25, 0.3) is 0 Å². The Hall–Kier alpha value is 0.140. The molecule has 1 atom stereocenters. The number of halogens is 2. The van der Waals surface area contributed by atoms with Gasteiger partial charge in [0.05, 0.1) is 0 Å². The Balaban J connectivity index is 2.97. The van der Waals surface area contributed by atoms with E-state index in [1.54, 1.807) is 0 Å². The van der Waals surface area contributed by atoms with Crippen molar-refractivity contribution in [1.82, 2.24) is 0 Å². The number of thioether (sulfide) groups is 1. The third-order valence-corrected chi connectivity index (χ3v) is 4.44. The van der Waals surface area contributed by atoms with Crippen LogP contribution in [-0.2, 0) is 5.88 Å². The summed E-state index contributed by atoms with van der Waals surface area (Å²) in [4.78, 5) is 2.35. The van der Waals surface area contributed by atoms with Crippen molar-refractivity contribution in [3.05, 3.63) is 28.2 Å². The predicted molar refractivity (Wildman–Crippen MR) is 84.6 cm³/mol. The van der Waals surface area contributed by atoms with Crippen molar-refractivity contribution in [3.8, 4) is 0 Å². The first-order valence-electron chi connectivity index (χ1n) is 5.70. The second-order valence-corrected chi connectivity index (χ2v) is 6.13. The molecule has 0 aliphatic carbocycles. The van der Waals surface area contributed by atoms with Gasteiger partial charge in [0.25, 0.3) is 0 Å². The minimum absolute atomic E-state index is 0.550. The second-order valence-electron chi connectivity index (χ2n) is 4.03. The minimum atomic E-state index is 0.550. The van der Waals surface area contributed by atoms with Crippen LogP contribution in [-0.4, -0.2) is 25.1 Å². The van der Waals surface area contributed by atoms with E-state index in [1.165, 1.54) is 11.3 Å². The van der Waals surface area contributed by atoms with Gasteiger partial charge in [0.2, 0.25) is 0 Å². The smallest absolute Gasteiger partial charge is 0.0494 e. The summed E-state index contributed by atoms with van der Waals surface area (Å²) < 4.78 is 1.09. The first-order valence-corrected chi connectivity index (χ1v) is 8.42. The van der Waals surface area contributed by atoms with E-state index in [9.17, 15) is 0 Å². The molecule has 0 amide bonds. The van der Waals surface area contributed by atoms with Crippen molar-refractivity contribution in [3.63, 3.8) is 0 Å². The summed E-state index contributed by atoms with van der Waals surface area (Å²) in [6.07, 6.45) is 3.30. The normalized spacial score (nSPS) is 12.5. The van der Waals surface area contributed by atoms with Crippen LogP contribution in [0.2, 0.25) is 0 Å². The summed E-state index contributed by atoms with van der Waals surface area (Å²) >= 11 is 11.4. The van der Waals surface area contributed by atoms with Crippen LogP contribution in [0.4, 0.5) is 5.69 Å². The zero-order valence-electron chi connectivity index (χ0n) is 10.5. The fraction of sp³-hybridized carbons (Fsp3) is 0.538. The van der Waals surface area contributed by atoms with E-state index in [4.69, 9.17) is 11.6 Å². The predicted octanol–water partition coefficient (Wildman–Crippen LogP) is 4.77. The fourth-order valence-electron chi connectivity index (χ4n) is 1.90. The highest BCUT2D eigenvalue weighted by molar-refractivity contribution is 9.10. The van der Waals surface area contributed by atoms with Crippen molar-refractivity contribution >= 4 is 45.0 Å². The number of benzene rings is 1. The number of anilines is 1. The summed E-state index contributed by atoms with van der Waals surface area (Å²) in [6.45, 7) is 2.23. The van der Waals surface area contributed by atoms with Crippen LogP contribution in [0.3, 0.4) is 0 Å². The molecule has 1 unspecified atom stereocenters. The molecule has 0 bridgehead atoms. The van der Waals surface area contributed by atoms with Crippen LogP contribution in [0.5, 0.6) is 0 Å². The Bertz CT molecular complexity index is 359. The molecular weight excluding hydrogens is 318 g/mol. The lowest BCUT2D eigenvalue weighted by molar-refractivity contribution is 0.671. The van der Waals surface area contributed by atoms with Crippen molar-refractivity contribution in [1.29, 1.82) is 0 Å². The van der Waals surface area contributed by atoms with E-state index in [0.717, 1.165) is 16.6 Å². The van der Waals surface area contributed by atoms with E-state index >= 15 is 0 Å². The van der Waals surface area contributed by atoms with Gasteiger partial charge in [0.1, 0.15) is 0 Å². The first-order chi connectivity index (χ1) is 8.13. The lowest BCUT2D eigenvalue weighted by atomic mass is 10.1. The quantitative estimate of drug-likeness (QED) is 0.689. The van der Waals surface area contributed by atoms with Gasteiger partial charge in [-0.1, -0.05) is 22.9 Å². The molecule has 96 valence electrons. The Morgan fingerprint density at radius 1 is 1.47 bits per heavy atom. The Morgan fingerprint density at radius 2 is 2.18 bits per heavy atom. The fourth-order valence-corrected chi connectivity index (χ4v) is 3.36. The van der Waals surface area contributed by atoms with Gasteiger partial charge in [-0.25, -0.2) is 0 Å². The van der Waals surface area contributed by atoms with Crippen LogP contribution >= 0.6 is 39.3 Å².